The van der Waals surface area contributed by atoms with Crippen molar-refractivity contribution in [1.29, 1.82) is 0 Å². The van der Waals surface area contributed by atoms with Crippen molar-refractivity contribution in [1.82, 2.24) is 0 Å². The van der Waals surface area contributed by atoms with Crippen molar-refractivity contribution in [2.24, 2.45) is 21.7 Å². The highest BCUT2D eigenvalue weighted by Crippen LogP contribution is 2.26. The van der Waals surface area contributed by atoms with Crippen LogP contribution in [-0.4, -0.2) is 35.7 Å². The maximum absolute atomic E-state index is 12.1. The fourth-order valence-electron chi connectivity index (χ4n) is 4.53. The van der Waals surface area contributed by atoms with Crippen LogP contribution in [0.2, 0.25) is 0 Å². The van der Waals surface area contributed by atoms with Gasteiger partial charge in [-0.05, 0) is 112 Å². The molecule has 6 nitrogen and oxygen atoms in total. The summed E-state index contributed by atoms with van der Waals surface area (Å²) in [5, 5.41) is 0. The van der Waals surface area contributed by atoms with Crippen molar-refractivity contribution in [2.45, 2.75) is 221 Å². The number of carbonyl (C=O) groups is 5. The van der Waals surface area contributed by atoms with Crippen molar-refractivity contribution < 1.29 is 28.7 Å². The molecule has 68 heavy (non-hydrogen) atoms. The summed E-state index contributed by atoms with van der Waals surface area (Å²) in [6.45, 7) is 59.2. The first kappa shape index (κ1) is 75.1. The average molecular weight is 948 g/mol. The Bertz CT molecular complexity index is 1840. The highest BCUT2D eigenvalue weighted by atomic mass is 16.5. The lowest BCUT2D eigenvalue weighted by Crippen LogP contribution is -2.21. The van der Waals surface area contributed by atoms with Crippen LogP contribution in [0.15, 0.2) is 99.7 Å². The Morgan fingerprint density at radius 2 is 0.721 bits per heavy atom. The lowest BCUT2D eigenvalue weighted by molar-refractivity contribution is -0.140. The second-order valence-electron chi connectivity index (χ2n) is 20.9. The van der Waals surface area contributed by atoms with Crippen LogP contribution < -0.4 is 0 Å². The van der Waals surface area contributed by atoms with Gasteiger partial charge in [-0.2, -0.15) is 0 Å². The minimum atomic E-state index is -0.306. The highest BCUT2D eigenvalue weighted by Gasteiger charge is 2.25. The third-order valence-electron chi connectivity index (χ3n) is 9.95. The van der Waals surface area contributed by atoms with Crippen LogP contribution in [-0.2, 0) is 23.9 Å². The molecule has 6 heteroatoms. The first-order valence-electron chi connectivity index (χ1n) is 24.9. The zero-order valence-electron chi connectivity index (χ0n) is 49.8. The summed E-state index contributed by atoms with van der Waals surface area (Å²) >= 11 is 0. The Morgan fingerprint density at radius 3 is 0.985 bits per heavy atom. The molecule has 0 fully saturated rings. The van der Waals surface area contributed by atoms with Crippen LogP contribution in [0.5, 0.6) is 0 Å². The normalized spacial score (nSPS) is 10.6. The number of ketones is 4. The van der Waals surface area contributed by atoms with Gasteiger partial charge in [-0.15, -0.1) is 0 Å². The molecular formula is C62H106O6. The average Bonchev–Trinajstić information content (AvgIpc) is 3.27. The predicted octanol–water partition coefficient (Wildman–Crippen LogP) is 18.7. The summed E-state index contributed by atoms with van der Waals surface area (Å²) < 4.78 is 5.08. The number of benzene rings is 2. The number of allylic oxidation sites excluding steroid dienone is 7. The van der Waals surface area contributed by atoms with Gasteiger partial charge in [-0.3, -0.25) is 19.2 Å². The number of hydrogen-bond donors (Lipinski definition) is 0. The Balaban J connectivity index is -0.000000176. The molecule has 390 valence electrons. The summed E-state index contributed by atoms with van der Waals surface area (Å²) in [5.41, 5.74) is 9.20. The van der Waals surface area contributed by atoms with Gasteiger partial charge in [-0.1, -0.05) is 208 Å². The van der Waals surface area contributed by atoms with Crippen molar-refractivity contribution in [2.75, 3.05) is 6.61 Å². The molecule has 0 aliphatic heterocycles. The lowest BCUT2D eigenvalue weighted by atomic mass is 9.84. The molecule has 0 heterocycles. The Morgan fingerprint density at radius 1 is 0.397 bits per heavy atom. The van der Waals surface area contributed by atoms with Crippen molar-refractivity contribution in [3.05, 3.63) is 111 Å². The number of hydrogen-bond acceptors (Lipinski definition) is 6. The predicted molar refractivity (Wildman–Crippen MR) is 300 cm³/mol. The molecule has 0 spiro atoms. The van der Waals surface area contributed by atoms with E-state index in [9.17, 15) is 24.0 Å². The summed E-state index contributed by atoms with van der Waals surface area (Å²) in [7, 11) is 0. The molecule has 0 radical (unpaired) electrons. The van der Waals surface area contributed by atoms with Crippen molar-refractivity contribution in [3.63, 3.8) is 0 Å². The molecular weight excluding hydrogens is 841 g/mol. The minimum Gasteiger partial charge on any atom is -0.462 e. The monoisotopic (exact) mass is 947 g/mol. The molecule has 2 aromatic carbocycles. The fourth-order valence-corrected chi connectivity index (χ4v) is 4.53. The van der Waals surface area contributed by atoms with Gasteiger partial charge < -0.3 is 4.74 Å². The van der Waals surface area contributed by atoms with Crippen LogP contribution >= 0.6 is 0 Å². The molecule has 2 rings (SSSR count). The molecule has 0 unspecified atom stereocenters. The van der Waals surface area contributed by atoms with Crippen molar-refractivity contribution >= 4 is 34.7 Å². The van der Waals surface area contributed by atoms with Gasteiger partial charge in [0.05, 0.1) is 6.61 Å². The van der Waals surface area contributed by atoms with Crippen molar-refractivity contribution in [3.8, 4) is 0 Å². The van der Waals surface area contributed by atoms with Crippen LogP contribution in [0.25, 0.3) is 5.57 Å². The molecule has 0 bridgehead atoms. The molecule has 0 aliphatic rings. The second-order valence-corrected chi connectivity index (χ2v) is 20.9. The van der Waals surface area contributed by atoms with Crippen LogP contribution in [0.1, 0.15) is 236 Å². The van der Waals surface area contributed by atoms with E-state index in [1.54, 1.807) is 6.92 Å². The molecule has 0 atom stereocenters. The smallest absolute Gasteiger partial charge is 0.333 e. The van der Waals surface area contributed by atoms with Crippen LogP contribution in [0, 0.1) is 21.7 Å². The molecule has 0 aliphatic carbocycles. The van der Waals surface area contributed by atoms with E-state index in [4.69, 9.17) is 4.74 Å². The van der Waals surface area contributed by atoms with E-state index in [1.165, 1.54) is 11.1 Å². The number of carbonyl (C=O) groups excluding carboxylic acids is 5. The van der Waals surface area contributed by atoms with Crippen LogP contribution in [0.3, 0.4) is 0 Å². The summed E-state index contributed by atoms with van der Waals surface area (Å²) in [6, 6.07) is 19.4. The van der Waals surface area contributed by atoms with Crippen LogP contribution in [0.4, 0.5) is 0 Å². The number of esters is 1. The molecule has 2 aromatic rings. The molecule has 0 saturated carbocycles. The van der Waals surface area contributed by atoms with Gasteiger partial charge in [0.1, 0.15) is 5.78 Å². The lowest BCUT2D eigenvalue weighted by Gasteiger charge is -2.18. The minimum absolute atomic E-state index is 0.197. The van der Waals surface area contributed by atoms with E-state index in [1.807, 2.05) is 234 Å². The summed E-state index contributed by atoms with van der Waals surface area (Å²) in [6.07, 6.45) is 1.06. The highest BCUT2D eigenvalue weighted by molar-refractivity contribution is 6.04. The van der Waals surface area contributed by atoms with Gasteiger partial charge >= 0.3 is 5.97 Å². The molecule has 0 amide bonds. The second kappa shape index (κ2) is 38.4. The van der Waals surface area contributed by atoms with Gasteiger partial charge in [0.25, 0.3) is 0 Å². The third-order valence-corrected chi connectivity index (χ3v) is 9.95. The quantitative estimate of drug-likeness (QED) is 0.0817. The van der Waals surface area contributed by atoms with Gasteiger partial charge in [0, 0.05) is 39.2 Å². The molecule has 0 N–H and O–H groups in total. The van der Waals surface area contributed by atoms with Gasteiger partial charge in [0.15, 0.2) is 17.3 Å². The maximum Gasteiger partial charge on any atom is 0.333 e. The number of rotatable bonds is 9. The Hall–Kier alpha value is -4.45. The standard InChI is InChI=1S/C15H20O.C14H24O3.C11H14O.C10H18O.C6H12.3C2H6/c1-11(13-9-7-6-8-10-13)12(2)14(16)15(3,4)5;1-10(2)11(3)13(16)17-9-7-8-12(15)14(4,5)6;1-11(2,3)10(12)9-7-5-4-6-8-9;1-7(2)8(3)9(11)10(4,5)6;1-5(2)6(3)4;3*1-2/h6-10H,1-5H3;7-9H2,1-6H3;4-8H,1-3H3;1-6H3;1-4H3;3*1-2H3. The number of Topliss-reactive ketones (excluding diaryl/α,β-unsaturated/α-hetero) is 4. The topological polar surface area (TPSA) is 94.6 Å². The van der Waals surface area contributed by atoms with E-state index >= 15 is 0 Å². The van der Waals surface area contributed by atoms with E-state index < -0.39 is 0 Å². The first-order chi connectivity index (χ1) is 30.9. The largest absolute Gasteiger partial charge is 0.462 e. The van der Waals surface area contributed by atoms with E-state index in [2.05, 4.69) is 27.7 Å². The zero-order chi connectivity index (χ0) is 55.6. The zero-order valence-corrected chi connectivity index (χ0v) is 49.8. The number of ether oxygens (including phenoxy) is 1. The molecule has 0 saturated heterocycles. The summed E-state index contributed by atoms with van der Waals surface area (Å²) in [5.74, 6) is 0.579. The van der Waals surface area contributed by atoms with E-state index in [-0.39, 0.29) is 50.8 Å². The van der Waals surface area contributed by atoms with E-state index in [0.717, 1.165) is 39.0 Å². The maximum atomic E-state index is 12.1. The first-order valence-corrected chi connectivity index (χ1v) is 24.9. The summed E-state index contributed by atoms with van der Waals surface area (Å²) in [4.78, 5) is 58.4. The molecule has 0 aromatic heterocycles. The van der Waals surface area contributed by atoms with Gasteiger partial charge in [0.2, 0.25) is 0 Å². The Labute approximate surface area is 421 Å². The SMILES string of the molecule is CC.CC.CC.CC(C(=O)C(C)(C)C)=C(C)c1ccccc1.CC(C)(C)C(=O)c1ccccc1.CC(C)=C(C)C.CC(C)=C(C)C(=O)C(C)(C)C.CC(C)=C(C)C(=O)OCCCC(=O)C(C)(C)C. The third kappa shape index (κ3) is 36.6. The Kier molecular flexibility index (Phi) is 42.4. The fraction of sp³-hybridized carbons (Fsp3) is 0.597. The van der Waals surface area contributed by atoms with E-state index in [0.29, 0.717) is 25.0 Å². The van der Waals surface area contributed by atoms with Gasteiger partial charge in [-0.25, -0.2) is 4.79 Å².